The number of rotatable bonds is 2. The predicted octanol–water partition coefficient (Wildman–Crippen LogP) is 1.47. The van der Waals surface area contributed by atoms with Gasteiger partial charge in [-0.2, -0.15) is 35.0 Å². The predicted molar refractivity (Wildman–Crippen MR) is 115 cm³/mol. The topological polar surface area (TPSA) is 0 Å². The molecule has 4 aromatic rings. The first kappa shape index (κ1) is 27.3. The molecule has 0 bridgehead atoms. The van der Waals surface area contributed by atoms with Crippen LogP contribution in [0.5, 0.6) is 0 Å². The Morgan fingerprint density at radius 2 is 1.00 bits per heavy atom. The SMILES string of the molecule is CC(C)[Si](=[Zr+2])C(C)C.[Cl-].[Cl-].c1ccc2[cH-]ccc2c1.c1ccc2[cH-]ccc2c1. The summed E-state index contributed by atoms with van der Waals surface area (Å²) in [5, 5.41) is 5.32. The van der Waals surface area contributed by atoms with E-state index < -0.39 is 0 Å². The second-order valence-electron chi connectivity index (χ2n) is 7.07. The number of hydrogen-bond acceptors (Lipinski definition) is 0. The summed E-state index contributed by atoms with van der Waals surface area (Å²) < 4.78 is 0. The molecule has 0 aliphatic rings. The molecule has 0 N–H and O–H groups in total. The van der Waals surface area contributed by atoms with Crippen molar-refractivity contribution in [3.05, 3.63) is 84.9 Å². The zero-order chi connectivity index (χ0) is 18.9. The summed E-state index contributed by atoms with van der Waals surface area (Å²) in [4.78, 5) is 0. The van der Waals surface area contributed by atoms with Crippen LogP contribution in [-0.4, -0.2) is 5.43 Å². The Balaban J connectivity index is 0.000000379. The second-order valence-corrected chi connectivity index (χ2v) is 14.6. The van der Waals surface area contributed by atoms with Crippen molar-refractivity contribution >= 4 is 27.0 Å². The van der Waals surface area contributed by atoms with Crippen molar-refractivity contribution < 1.29 is 48.1 Å². The molecule has 0 unspecified atom stereocenters. The van der Waals surface area contributed by atoms with E-state index >= 15 is 0 Å². The fourth-order valence-electron chi connectivity index (χ4n) is 2.81. The van der Waals surface area contributed by atoms with Gasteiger partial charge in [-0.05, 0) is 0 Å². The van der Waals surface area contributed by atoms with Gasteiger partial charge in [-0.25, -0.2) is 0 Å². The first-order chi connectivity index (χ1) is 12.5. The molecule has 0 saturated heterocycles. The number of benzene rings is 2. The minimum Gasteiger partial charge on any atom is -1.00 e. The summed E-state index contributed by atoms with van der Waals surface area (Å²) in [5.41, 5.74) is 2.04. The van der Waals surface area contributed by atoms with Crippen LogP contribution in [0.4, 0.5) is 0 Å². The Kier molecular flexibility index (Phi) is 14.0. The first-order valence-corrected chi connectivity index (χ1v) is 14.6. The molecular formula is C24H28Cl2SiZr-2. The molecule has 0 amide bonds. The van der Waals surface area contributed by atoms with E-state index in [1.54, 1.807) is 23.3 Å². The van der Waals surface area contributed by atoms with Gasteiger partial charge < -0.3 is 24.8 Å². The second kappa shape index (κ2) is 14.3. The van der Waals surface area contributed by atoms with E-state index in [-0.39, 0.29) is 30.2 Å². The zero-order valence-electron chi connectivity index (χ0n) is 17.0. The Labute approximate surface area is 197 Å². The molecule has 148 valence electrons. The number of fused-ring (bicyclic) bond motifs is 2. The molecule has 28 heavy (non-hydrogen) atoms. The number of halogens is 2. The molecule has 0 fully saturated rings. The van der Waals surface area contributed by atoms with Crippen molar-refractivity contribution in [1.29, 1.82) is 0 Å². The molecule has 0 radical (unpaired) electrons. The maximum atomic E-state index is 2.35. The standard InChI is InChI=1S/2C9H7.C6H14Si.2ClH.Zr/c2*1-2-5-9-7-3-6-8(9)4-1;1-5(2)7-6(3)4;;;/h2*1-7H;5-6H,1-4H3;2*1H;/q2*-1;;;;+2/p-2. The molecule has 0 aliphatic carbocycles. The maximum Gasteiger partial charge on any atom is -0.0809 e. The fourth-order valence-corrected chi connectivity index (χ4v) is 4.14. The summed E-state index contributed by atoms with van der Waals surface area (Å²) in [5.74, 6) is 0. The van der Waals surface area contributed by atoms with Crippen LogP contribution >= 0.6 is 0 Å². The summed E-state index contributed by atoms with van der Waals surface area (Å²) >= 11 is 1.80. The van der Waals surface area contributed by atoms with E-state index in [4.69, 9.17) is 0 Å². The minimum atomic E-state index is 0. The van der Waals surface area contributed by atoms with E-state index in [0.29, 0.717) is 0 Å². The molecule has 0 nitrogen and oxygen atoms in total. The van der Waals surface area contributed by atoms with Crippen LogP contribution in [0.25, 0.3) is 21.5 Å². The molecule has 0 aliphatic heterocycles. The Hall–Kier alpha value is -0.660. The van der Waals surface area contributed by atoms with E-state index in [1.165, 1.54) is 21.5 Å². The van der Waals surface area contributed by atoms with Gasteiger partial charge in [-0.1, -0.05) is 12.1 Å². The summed E-state index contributed by atoms with van der Waals surface area (Å²) in [6.45, 7) is 9.40. The molecule has 4 rings (SSSR count). The van der Waals surface area contributed by atoms with Gasteiger partial charge in [-0.3, -0.25) is 0 Å². The molecular weight excluding hydrogens is 478 g/mol. The monoisotopic (exact) mass is 504 g/mol. The van der Waals surface area contributed by atoms with Crippen molar-refractivity contribution in [1.82, 2.24) is 0 Å². The third kappa shape index (κ3) is 8.78. The van der Waals surface area contributed by atoms with Crippen molar-refractivity contribution in [3.8, 4) is 0 Å². The Bertz CT molecular complexity index is 801. The Morgan fingerprint density at radius 1 is 0.643 bits per heavy atom. The third-order valence-corrected chi connectivity index (χ3v) is 15.3. The molecule has 0 atom stereocenters. The van der Waals surface area contributed by atoms with Gasteiger partial charge >= 0.3 is 67.5 Å². The van der Waals surface area contributed by atoms with E-state index in [2.05, 4.69) is 113 Å². The van der Waals surface area contributed by atoms with Gasteiger partial charge in [-0.15, -0.1) is 59.3 Å². The van der Waals surface area contributed by atoms with Crippen LogP contribution in [0.2, 0.25) is 11.1 Å². The van der Waals surface area contributed by atoms with E-state index in [9.17, 15) is 0 Å². The average Bonchev–Trinajstić information content (AvgIpc) is 3.30. The van der Waals surface area contributed by atoms with Crippen LogP contribution in [0.15, 0.2) is 84.9 Å². The van der Waals surface area contributed by atoms with Gasteiger partial charge in [0.15, 0.2) is 0 Å². The van der Waals surface area contributed by atoms with Crippen molar-refractivity contribution in [2.75, 3.05) is 0 Å². The van der Waals surface area contributed by atoms with E-state index in [0.717, 1.165) is 11.1 Å². The van der Waals surface area contributed by atoms with Gasteiger partial charge in [0.05, 0.1) is 0 Å². The number of hydrogen-bond donors (Lipinski definition) is 0. The first-order valence-electron chi connectivity index (χ1n) is 9.28. The maximum absolute atomic E-state index is 2.35. The van der Waals surface area contributed by atoms with Crippen LogP contribution < -0.4 is 24.8 Å². The van der Waals surface area contributed by atoms with Gasteiger partial charge in [0.1, 0.15) is 0 Å². The van der Waals surface area contributed by atoms with Crippen molar-refractivity contribution in [2.24, 2.45) is 0 Å². The van der Waals surface area contributed by atoms with Crippen molar-refractivity contribution in [3.63, 3.8) is 0 Å². The van der Waals surface area contributed by atoms with Gasteiger partial charge in [0, 0.05) is 0 Å². The van der Waals surface area contributed by atoms with Gasteiger partial charge in [0.2, 0.25) is 0 Å². The molecule has 4 aromatic carbocycles. The molecule has 0 aromatic heterocycles. The fraction of sp³-hybridized carbons (Fsp3) is 0.250. The smallest absolute Gasteiger partial charge is 0.0809 e. The summed E-state index contributed by atoms with van der Waals surface area (Å²) in [6.07, 6.45) is 0. The minimum absolute atomic E-state index is 0. The molecule has 0 spiro atoms. The van der Waals surface area contributed by atoms with Crippen LogP contribution in [0, 0.1) is 0 Å². The van der Waals surface area contributed by atoms with Crippen LogP contribution in [-0.2, 0) is 23.3 Å². The largest absolute Gasteiger partial charge is 1.00 e. The summed E-state index contributed by atoms with van der Waals surface area (Å²) in [7, 11) is 0. The zero-order valence-corrected chi connectivity index (χ0v) is 22.0. The summed E-state index contributed by atoms with van der Waals surface area (Å²) in [6, 6.07) is 29.3. The Morgan fingerprint density at radius 3 is 1.29 bits per heavy atom. The van der Waals surface area contributed by atoms with Crippen LogP contribution in [0.1, 0.15) is 27.7 Å². The normalized spacial score (nSPS) is 9.71. The van der Waals surface area contributed by atoms with Crippen LogP contribution in [0.3, 0.4) is 0 Å². The molecule has 4 heteroatoms. The quantitative estimate of drug-likeness (QED) is 0.285. The molecule has 0 saturated carbocycles. The average molecular weight is 507 g/mol. The van der Waals surface area contributed by atoms with Crippen molar-refractivity contribution in [2.45, 2.75) is 38.8 Å². The molecule has 0 heterocycles. The van der Waals surface area contributed by atoms with Gasteiger partial charge in [0.25, 0.3) is 0 Å². The van der Waals surface area contributed by atoms with E-state index in [1.807, 2.05) is 0 Å². The third-order valence-electron chi connectivity index (χ3n) is 4.34.